The Morgan fingerprint density at radius 3 is 2.45 bits per heavy atom. The normalized spacial score (nSPS) is 15.9. The van der Waals surface area contributed by atoms with E-state index in [1.165, 1.54) is 17.0 Å². The third-order valence-corrected chi connectivity index (χ3v) is 7.12. The second-order valence-corrected chi connectivity index (χ2v) is 9.64. The first-order valence-electron chi connectivity index (χ1n) is 12.8. The summed E-state index contributed by atoms with van der Waals surface area (Å²) in [6, 6.07) is 19.9. The van der Waals surface area contributed by atoms with Crippen LogP contribution in [0.15, 0.2) is 91.3 Å². The number of amides is 3. The van der Waals surface area contributed by atoms with Gasteiger partial charge in [0.25, 0.3) is 5.91 Å². The highest BCUT2D eigenvalue weighted by atomic mass is 19.4. The quantitative estimate of drug-likeness (QED) is 0.229. The highest BCUT2D eigenvalue weighted by Crippen LogP contribution is 2.35. The first kappa shape index (κ1) is 25.4. The number of H-pyrrole nitrogens is 2. The van der Waals surface area contributed by atoms with E-state index in [1.54, 1.807) is 12.4 Å². The Hall–Kier alpha value is -4.86. The molecule has 6 rings (SSSR count). The number of aryl methyl sites for hydroxylation is 1. The number of hydrogen-bond donors (Lipinski definition) is 2. The van der Waals surface area contributed by atoms with Crippen molar-refractivity contribution < 1.29 is 22.8 Å². The van der Waals surface area contributed by atoms with Crippen molar-refractivity contribution in [3.63, 3.8) is 0 Å². The molecule has 10 heteroatoms. The van der Waals surface area contributed by atoms with Gasteiger partial charge in [0.2, 0.25) is 0 Å². The number of hydrogen-bond acceptors (Lipinski definition) is 3. The fourth-order valence-corrected chi connectivity index (χ4v) is 5.12. The maximum absolute atomic E-state index is 13.7. The fourth-order valence-electron chi connectivity index (χ4n) is 5.12. The van der Waals surface area contributed by atoms with Crippen LogP contribution < -0.4 is 4.90 Å². The van der Waals surface area contributed by atoms with E-state index in [9.17, 15) is 22.8 Å². The van der Waals surface area contributed by atoms with Gasteiger partial charge in [0, 0.05) is 35.3 Å². The lowest BCUT2D eigenvalue weighted by Gasteiger charge is -2.21. The number of imidazole rings is 1. The molecule has 1 saturated heterocycles. The minimum Gasteiger partial charge on any atom is -0.361 e. The maximum Gasteiger partial charge on any atom is 0.416 e. The van der Waals surface area contributed by atoms with Gasteiger partial charge in [-0.05, 0) is 36.2 Å². The Bertz CT molecular complexity index is 1690. The Morgan fingerprint density at radius 2 is 1.65 bits per heavy atom. The third-order valence-electron chi connectivity index (χ3n) is 7.12. The third kappa shape index (κ3) is 4.72. The van der Waals surface area contributed by atoms with Crippen molar-refractivity contribution in [1.29, 1.82) is 0 Å². The van der Waals surface area contributed by atoms with Gasteiger partial charge in [0.1, 0.15) is 11.9 Å². The van der Waals surface area contributed by atoms with Crippen molar-refractivity contribution in [2.45, 2.75) is 31.6 Å². The molecule has 0 bridgehead atoms. The lowest BCUT2D eigenvalue weighted by atomic mass is 10.1. The molecule has 40 heavy (non-hydrogen) atoms. The molecule has 0 saturated carbocycles. The number of carbonyl (C=O) groups is 2. The molecule has 0 aliphatic carbocycles. The predicted molar refractivity (Wildman–Crippen MR) is 144 cm³/mol. The molecule has 2 N–H and O–H groups in total. The number of alkyl halides is 3. The molecule has 1 aliphatic rings. The van der Waals surface area contributed by atoms with Gasteiger partial charge in [-0.15, -0.1) is 0 Å². The van der Waals surface area contributed by atoms with Crippen molar-refractivity contribution in [2.24, 2.45) is 0 Å². The number of rotatable bonds is 7. The molecule has 0 radical (unpaired) electrons. The minimum atomic E-state index is -4.61. The zero-order chi connectivity index (χ0) is 27.9. The van der Waals surface area contributed by atoms with E-state index in [0.29, 0.717) is 12.2 Å². The Labute approximate surface area is 227 Å². The topological polar surface area (TPSA) is 85.1 Å². The molecule has 5 aromatic rings. The smallest absolute Gasteiger partial charge is 0.361 e. The van der Waals surface area contributed by atoms with E-state index in [2.05, 4.69) is 15.0 Å². The summed E-state index contributed by atoms with van der Waals surface area (Å²) < 4.78 is 40.3. The van der Waals surface area contributed by atoms with Crippen LogP contribution in [0.5, 0.6) is 0 Å². The van der Waals surface area contributed by atoms with Crippen molar-refractivity contribution in [2.75, 3.05) is 4.90 Å². The van der Waals surface area contributed by atoms with Gasteiger partial charge in [0.05, 0.1) is 23.5 Å². The summed E-state index contributed by atoms with van der Waals surface area (Å²) in [6.45, 7) is 0.113. The summed E-state index contributed by atoms with van der Waals surface area (Å²) in [5.41, 5.74) is 2.34. The van der Waals surface area contributed by atoms with E-state index < -0.39 is 29.7 Å². The minimum absolute atomic E-state index is 0.111. The van der Waals surface area contributed by atoms with Crippen LogP contribution in [0.4, 0.5) is 23.7 Å². The standard InChI is InChI=1S/C30H24F3N5O2/c31-30(32,33)21-9-6-10-22(15-21)38-28(39)26(13-14-27-35-17-25(36-27)19-7-2-1-3-8-19)37(29(38)40)18-20-16-34-24-12-5-4-11-23(20)24/h1-12,15-17,26,34H,13-14,18H2,(H,35,36)/t26-/m0/s1. The lowest BCUT2D eigenvalue weighted by molar-refractivity contribution is -0.137. The Kier molecular flexibility index (Phi) is 6.37. The summed E-state index contributed by atoms with van der Waals surface area (Å²) in [5.74, 6) is 0.0719. The van der Waals surface area contributed by atoms with Crippen LogP contribution in [0.1, 0.15) is 23.4 Å². The Balaban J connectivity index is 1.31. The van der Waals surface area contributed by atoms with Crippen molar-refractivity contribution in [1.82, 2.24) is 19.9 Å². The van der Waals surface area contributed by atoms with Crippen LogP contribution in [0.2, 0.25) is 0 Å². The molecular formula is C30H24F3N5O2. The van der Waals surface area contributed by atoms with Crippen LogP contribution in [-0.2, 0) is 23.9 Å². The molecular weight excluding hydrogens is 519 g/mol. The number of imide groups is 1. The number of nitrogens with one attached hydrogen (secondary N) is 2. The summed E-state index contributed by atoms with van der Waals surface area (Å²) in [6.07, 6.45) is -0.446. The lowest BCUT2D eigenvalue weighted by Crippen LogP contribution is -2.35. The predicted octanol–water partition coefficient (Wildman–Crippen LogP) is 6.55. The zero-order valence-electron chi connectivity index (χ0n) is 21.2. The van der Waals surface area contributed by atoms with Gasteiger partial charge in [-0.1, -0.05) is 54.6 Å². The average Bonchev–Trinajstić information content (AvgIpc) is 3.65. The van der Waals surface area contributed by atoms with Gasteiger partial charge >= 0.3 is 12.2 Å². The number of aromatic amines is 2. The van der Waals surface area contributed by atoms with Gasteiger partial charge in [-0.3, -0.25) is 4.79 Å². The molecule has 0 spiro atoms. The van der Waals surface area contributed by atoms with E-state index in [0.717, 1.165) is 44.8 Å². The van der Waals surface area contributed by atoms with Crippen molar-refractivity contribution in [3.05, 3.63) is 108 Å². The summed E-state index contributed by atoms with van der Waals surface area (Å²) >= 11 is 0. The van der Waals surface area contributed by atoms with Gasteiger partial charge in [-0.2, -0.15) is 13.2 Å². The number of urea groups is 1. The molecule has 202 valence electrons. The molecule has 0 unspecified atom stereocenters. The second kappa shape index (κ2) is 10.0. The number of anilines is 1. The number of carbonyl (C=O) groups excluding carboxylic acids is 2. The number of benzene rings is 3. The molecule has 2 aromatic heterocycles. The average molecular weight is 544 g/mol. The second-order valence-electron chi connectivity index (χ2n) is 9.64. The van der Waals surface area contributed by atoms with Gasteiger partial charge in [-0.25, -0.2) is 14.7 Å². The largest absolute Gasteiger partial charge is 0.416 e. The monoisotopic (exact) mass is 543 g/mol. The van der Waals surface area contributed by atoms with Crippen LogP contribution in [-0.4, -0.2) is 37.8 Å². The van der Waals surface area contributed by atoms with Crippen LogP contribution in [0, 0.1) is 0 Å². The Morgan fingerprint density at radius 1 is 0.875 bits per heavy atom. The molecule has 3 heterocycles. The number of para-hydroxylation sites is 1. The molecule has 1 aliphatic heterocycles. The number of fused-ring (bicyclic) bond motifs is 1. The molecule has 1 atom stereocenters. The van der Waals surface area contributed by atoms with Crippen molar-refractivity contribution in [3.8, 4) is 11.3 Å². The molecule has 3 aromatic carbocycles. The first-order valence-corrected chi connectivity index (χ1v) is 12.8. The summed E-state index contributed by atoms with van der Waals surface area (Å²) in [5, 5.41) is 0.901. The summed E-state index contributed by atoms with van der Waals surface area (Å²) in [4.78, 5) is 40.6. The van der Waals surface area contributed by atoms with Gasteiger partial charge in [0.15, 0.2) is 0 Å². The highest BCUT2D eigenvalue weighted by Gasteiger charge is 2.46. The zero-order valence-corrected chi connectivity index (χ0v) is 21.2. The van der Waals surface area contributed by atoms with Crippen LogP contribution in [0.3, 0.4) is 0 Å². The fraction of sp³-hybridized carbons (Fsp3) is 0.167. The summed E-state index contributed by atoms with van der Waals surface area (Å²) in [7, 11) is 0. The number of nitrogens with zero attached hydrogens (tertiary/aromatic N) is 3. The van der Waals surface area contributed by atoms with Crippen LogP contribution in [0.25, 0.3) is 22.2 Å². The molecule has 3 amide bonds. The first-order chi connectivity index (χ1) is 19.3. The SMILES string of the molecule is O=C1[C@H](CCc2nc(-c3ccccc3)c[nH]2)N(Cc2c[nH]c3ccccc23)C(=O)N1c1cccc(C(F)(F)F)c1. The molecule has 1 fully saturated rings. The van der Waals surface area contributed by atoms with Gasteiger partial charge < -0.3 is 14.9 Å². The highest BCUT2D eigenvalue weighted by molar-refractivity contribution is 6.21. The number of halogens is 3. The number of aromatic nitrogens is 3. The van der Waals surface area contributed by atoms with E-state index >= 15 is 0 Å². The molecule has 7 nitrogen and oxygen atoms in total. The maximum atomic E-state index is 13.7. The van der Waals surface area contributed by atoms with E-state index in [4.69, 9.17) is 0 Å². The van der Waals surface area contributed by atoms with Crippen molar-refractivity contribution >= 4 is 28.5 Å². The van der Waals surface area contributed by atoms with Crippen LogP contribution >= 0.6 is 0 Å². The van der Waals surface area contributed by atoms with E-state index in [-0.39, 0.29) is 18.7 Å². The van der Waals surface area contributed by atoms with E-state index in [1.807, 2.05) is 54.6 Å².